The zero-order valence-corrected chi connectivity index (χ0v) is 15.7. The first-order valence-electron chi connectivity index (χ1n) is 8.46. The molecule has 0 aliphatic heterocycles. The zero-order chi connectivity index (χ0) is 20.8. The summed E-state index contributed by atoms with van der Waals surface area (Å²) in [5.41, 5.74) is 0.206. The van der Waals surface area contributed by atoms with E-state index in [4.69, 9.17) is 0 Å². The number of halogens is 4. The molecule has 2 aromatic heterocycles. The van der Waals surface area contributed by atoms with E-state index in [0.29, 0.717) is 22.3 Å². The van der Waals surface area contributed by atoms with Crippen molar-refractivity contribution in [1.29, 1.82) is 0 Å². The van der Waals surface area contributed by atoms with Gasteiger partial charge in [-0.15, -0.1) is 13.2 Å². The number of aromatic nitrogens is 3. The van der Waals surface area contributed by atoms with Gasteiger partial charge in [0.25, 0.3) is 5.56 Å². The molecule has 1 aliphatic rings. The van der Waals surface area contributed by atoms with Crippen LogP contribution in [0, 0.1) is 0 Å². The summed E-state index contributed by atoms with van der Waals surface area (Å²) in [5.74, 6) is -0.397. The van der Waals surface area contributed by atoms with E-state index in [2.05, 4.69) is 13.5 Å². The van der Waals surface area contributed by atoms with Crippen LogP contribution in [-0.2, 0) is 0 Å². The second kappa shape index (κ2) is 6.80. The van der Waals surface area contributed by atoms with Gasteiger partial charge in [-0.3, -0.25) is 9.36 Å². The predicted octanol–water partition coefficient (Wildman–Crippen LogP) is 4.81. The summed E-state index contributed by atoms with van der Waals surface area (Å²) in [7, 11) is 0. The summed E-state index contributed by atoms with van der Waals surface area (Å²) in [6, 6.07) is 4.91. The van der Waals surface area contributed by atoms with Crippen molar-refractivity contribution in [2.45, 2.75) is 25.4 Å². The highest BCUT2D eigenvalue weighted by molar-refractivity contribution is 7.00. The first-order valence-corrected chi connectivity index (χ1v) is 9.19. The molecule has 29 heavy (non-hydrogen) atoms. The van der Waals surface area contributed by atoms with E-state index in [1.54, 1.807) is 12.2 Å². The molecular formula is C19H13F4N3O2S. The van der Waals surface area contributed by atoms with Crippen molar-refractivity contribution >= 4 is 28.3 Å². The molecule has 0 radical (unpaired) electrons. The maximum absolute atomic E-state index is 14.1. The third-order valence-corrected chi connectivity index (χ3v) is 4.94. The lowest BCUT2D eigenvalue weighted by molar-refractivity contribution is -0.274. The Bertz CT molecular complexity index is 1190. The van der Waals surface area contributed by atoms with Crippen molar-refractivity contribution in [3.05, 3.63) is 64.6 Å². The predicted molar refractivity (Wildman–Crippen MR) is 101 cm³/mol. The summed E-state index contributed by atoms with van der Waals surface area (Å²) >= 11 is 0.874. The second-order valence-corrected chi connectivity index (χ2v) is 7.22. The van der Waals surface area contributed by atoms with E-state index < -0.39 is 23.3 Å². The Morgan fingerprint density at radius 2 is 1.86 bits per heavy atom. The number of allylic oxidation sites excluding steroid dienone is 4. The highest BCUT2D eigenvalue weighted by Gasteiger charge is 2.31. The van der Waals surface area contributed by atoms with Gasteiger partial charge in [-0.1, -0.05) is 12.2 Å². The van der Waals surface area contributed by atoms with Crippen molar-refractivity contribution in [2.24, 2.45) is 0 Å². The van der Waals surface area contributed by atoms with Gasteiger partial charge in [0.2, 0.25) is 0 Å². The SMILES string of the molecule is CC1(F)C=CC(c2cn(-c3ccc(OC(F)(F)F)cc3)c(=O)c3nsnc23)=CC1. The Morgan fingerprint density at radius 3 is 2.48 bits per heavy atom. The van der Waals surface area contributed by atoms with E-state index in [1.165, 1.54) is 35.9 Å². The number of nitrogens with zero attached hydrogens (tertiary/aromatic N) is 3. The van der Waals surface area contributed by atoms with E-state index in [0.717, 1.165) is 23.9 Å². The first kappa shape index (κ1) is 19.3. The number of ether oxygens (including phenoxy) is 1. The molecule has 1 aromatic carbocycles. The topological polar surface area (TPSA) is 57.0 Å². The third-order valence-electron chi connectivity index (χ3n) is 4.41. The minimum atomic E-state index is -4.80. The Kier molecular flexibility index (Phi) is 4.53. The van der Waals surface area contributed by atoms with Crippen LogP contribution in [-0.4, -0.2) is 25.3 Å². The number of fused-ring (bicyclic) bond motifs is 1. The number of hydrogen-bond acceptors (Lipinski definition) is 5. The number of benzene rings is 1. The molecule has 1 aliphatic carbocycles. The average molecular weight is 423 g/mol. The third kappa shape index (κ3) is 3.93. The smallest absolute Gasteiger partial charge is 0.406 e. The van der Waals surface area contributed by atoms with E-state index >= 15 is 0 Å². The molecule has 150 valence electrons. The molecule has 4 rings (SSSR count). The van der Waals surface area contributed by atoms with Gasteiger partial charge >= 0.3 is 6.36 Å². The van der Waals surface area contributed by atoms with Crippen LogP contribution in [0.2, 0.25) is 0 Å². The fourth-order valence-electron chi connectivity index (χ4n) is 2.99. The molecule has 0 saturated heterocycles. The van der Waals surface area contributed by atoms with Crippen LogP contribution in [0.15, 0.2) is 53.5 Å². The van der Waals surface area contributed by atoms with Gasteiger partial charge in [-0.2, -0.15) is 8.75 Å². The molecule has 0 saturated carbocycles. The van der Waals surface area contributed by atoms with E-state index in [1.807, 2.05) is 0 Å². The molecule has 0 amide bonds. The minimum absolute atomic E-state index is 0.131. The average Bonchev–Trinajstić information content (AvgIpc) is 3.13. The molecule has 0 bridgehead atoms. The van der Waals surface area contributed by atoms with Gasteiger partial charge in [-0.25, -0.2) is 4.39 Å². The molecule has 2 heterocycles. The van der Waals surface area contributed by atoms with E-state index in [9.17, 15) is 22.4 Å². The normalized spacial score (nSPS) is 19.4. The lowest BCUT2D eigenvalue weighted by Gasteiger charge is -2.19. The molecule has 5 nitrogen and oxygen atoms in total. The standard InChI is InChI=1S/C19H13F4N3O2S/c1-18(20)8-6-11(7-9-18)14-10-26(17(27)16-15(14)24-29-25-16)12-2-4-13(5-3-12)28-19(21,22)23/h2-8,10H,9H2,1H3. The monoisotopic (exact) mass is 423 g/mol. The van der Waals surface area contributed by atoms with Gasteiger partial charge in [0.1, 0.15) is 16.9 Å². The molecule has 0 fully saturated rings. The van der Waals surface area contributed by atoms with Gasteiger partial charge in [0.05, 0.1) is 11.7 Å². The second-order valence-electron chi connectivity index (χ2n) is 6.70. The lowest BCUT2D eigenvalue weighted by Crippen LogP contribution is -2.20. The Hall–Kier alpha value is -3.01. The van der Waals surface area contributed by atoms with Gasteiger partial charge in [-0.05, 0) is 42.8 Å². The fraction of sp³-hybridized carbons (Fsp3) is 0.211. The van der Waals surface area contributed by atoms with Crippen LogP contribution in [0.25, 0.3) is 22.3 Å². The largest absolute Gasteiger partial charge is 0.573 e. The highest BCUT2D eigenvalue weighted by atomic mass is 32.1. The van der Waals surface area contributed by atoms with E-state index in [-0.39, 0.29) is 11.9 Å². The molecule has 0 N–H and O–H groups in total. The van der Waals surface area contributed by atoms with Crippen LogP contribution >= 0.6 is 11.7 Å². The molecule has 0 spiro atoms. The molecule has 1 unspecified atom stereocenters. The Morgan fingerprint density at radius 1 is 1.17 bits per heavy atom. The maximum atomic E-state index is 14.1. The number of alkyl halides is 4. The van der Waals surface area contributed by atoms with Crippen molar-refractivity contribution in [3.8, 4) is 11.4 Å². The zero-order valence-electron chi connectivity index (χ0n) is 14.9. The Balaban J connectivity index is 1.80. The minimum Gasteiger partial charge on any atom is -0.406 e. The number of rotatable bonds is 3. The summed E-state index contributed by atoms with van der Waals surface area (Å²) in [6.07, 6.45) is 1.66. The number of hydrogen-bond donors (Lipinski definition) is 0. The summed E-state index contributed by atoms with van der Waals surface area (Å²) < 4.78 is 64.5. The fourth-order valence-corrected chi connectivity index (χ4v) is 3.54. The van der Waals surface area contributed by atoms with Crippen molar-refractivity contribution in [1.82, 2.24) is 13.3 Å². The molecule has 10 heteroatoms. The van der Waals surface area contributed by atoms with Gasteiger partial charge < -0.3 is 4.74 Å². The summed E-state index contributed by atoms with van der Waals surface area (Å²) in [5, 5.41) is 0. The Labute approximate surface area is 165 Å². The van der Waals surface area contributed by atoms with Crippen LogP contribution in [0.5, 0.6) is 5.75 Å². The first-order chi connectivity index (χ1) is 13.6. The van der Waals surface area contributed by atoms with Crippen LogP contribution in [0.4, 0.5) is 17.6 Å². The summed E-state index contributed by atoms with van der Waals surface area (Å²) in [6.45, 7) is 1.46. The van der Waals surface area contributed by atoms with Crippen molar-refractivity contribution in [2.75, 3.05) is 0 Å². The molecular weight excluding hydrogens is 410 g/mol. The molecule has 3 aromatic rings. The quantitative estimate of drug-likeness (QED) is 0.568. The van der Waals surface area contributed by atoms with Crippen LogP contribution in [0.1, 0.15) is 18.9 Å². The number of pyridine rings is 1. The van der Waals surface area contributed by atoms with Gasteiger partial charge in [0.15, 0.2) is 5.52 Å². The lowest BCUT2D eigenvalue weighted by atomic mass is 9.92. The molecule has 1 atom stereocenters. The maximum Gasteiger partial charge on any atom is 0.573 e. The van der Waals surface area contributed by atoms with Gasteiger partial charge in [0, 0.05) is 23.9 Å². The van der Waals surface area contributed by atoms with Crippen molar-refractivity contribution in [3.63, 3.8) is 0 Å². The van der Waals surface area contributed by atoms with Crippen LogP contribution in [0.3, 0.4) is 0 Å². The van der Waals surface area contributed by atoms with Crippen LogP contribution < -0.4 is 10.3 Å². The van der Waals surface area contributed by atoms with Crippen molar-refractivity contribution < 1.29 is 22.3 Å². The summed E-state index contributed by atoms with van der Waals surface area (Å²) in [4.78, 5) is 12.8. The highest BCUT2D eigenvalue weighted by Crippen LogP contribution is 2.32.